The van der Waals surface area contributed by atoms with Crippen molar-refractivity contribution in [3.05, 3.63) is 53.6 Å². The van der Waals surface area contributed by atoms with Gasteiger partial charge in [0.1, 0.15) is 11.3 Å². The number of aliphatic imine (C=N–C) groups is 1. The number of hydrogen-bond acceptors (Lipinski definition) is 7. The van der Waals surface area contributed by atoms with Crippen molar-refractivity contribution in [1.29, 1.82) is 0 Å². The third-order valence-corrected chi connectivity index (χ3v) is 7.02. The lowest BCUT2D eigenvalue weighted by atomic mass is 9.87. The second kappa shape index (κ2) is 6.74. The lowest BCUT2D eigenvalue weighted by Gasteiger charge is -2.32. The first kappa shape index (κ1) is 18.1. The Bertz CT molecular complexity index is 1010. The molecule has 0 saturated carbocycles. The van der Waals surface area contributed by atoms with E-state index in [1.54, 1.807) is 18.2 Å². The van der Waals surface area contributed by atoms with Gasteiger partial charge in [0.25, 0.3) is 10.0 Å². The molecule has 3 N–H and O–H groups in total. The van der Waals surface area contributed by atoms with Crippen molar-refractivity contribution < 1.29 is 17.9 Å². The SMILES string of the molecule is COc1ccc(S(=O)(=O)Nc2ccc3c(c2)C2(COC3)CSC(N)=N2)cc1. The van der Waals surface area contributed by atoms with E-state index in [0.29, 0.717) is 35.6 Å². The van der Waals surface area contributed by atoms with Crippen LogP contribution in [0.1, 0.15) is 11.1 Å². The number of nitrogens with two attached hydrogens (primary N) is 1. The lowest BCUT2D eigenvalue weighted by Crippen LogP contribution is -2.35. The van der Waals surface area contributed by atoms with E-state index in [1.807, 2.05) is 12.1 Å². The van der Waals surface area contributed by atoms with Crippen LogP contribution >= 0.6 is 11.8 Å². The summed E-state index contributed by atoms with van der Waals surface area (Å²) in [5.74, 6) is 1.28. The molecule has 2 aromatic carbocycles. The summed E-state index contributed by atoms with van der Waals surface area (Å²) in [6.07, 6.45) is 0. The molecular formula is C18H19N3O4S2. The monoisotopic (exact) mass is 405 g/mol. The quantitative estimate of drug-likeness (QED) is 0.809. The van der Waals surface area contributed by atoms with Crippen LogP contribution < -0.4 is 15.2 Å². The van der Waals surface area contributed by atoms with E-state index >= 15 is 0 Å². The highest BCUT2D eigenvalue weighted by Gasteiger charge is 2.41. The normalized spacial score (nSPS) is 21.6. The maximum Gasteiger partial charge on any atom is 0.261 e. The largest absolute Gasteiger partial charge is 0.497 e. The summed E-state index contributed by atoms with van der Waals surface area (Å²) in [5, 5.41) is 0.524. The zero-order valence-corrected chi connectivity index (χ0v) is 16.3. The zero-order chi connectivity index (χ0) is 19.1. The Balaban J connectivity index is 1.66. The summed E-state index contributed by atoms with van der Waals surface area (Å²) < 4.78 is 38.8. The van der Waals surface area contributed by atoms with Gasteiger partial charge in [-0.15, -0.1) is 0 Å². The second-order valence-corrected chi connectivity index (χ2v) is 9.09. The van der Waals surface area contributed by atoms with E-state index < -0.39 is 15.6 Å². The van der Waals surface area contributed by atoms with Gasteiger partial charge in [0, 0.05) is 11.4 Å². The maximum absolute atomic E-state index is 12.7. The first-order valence-corrected chi connectivity index (χ1v) is 10.7. The average molecular weight is 406 g/mol. The van der Waals surface area contributed by atoms with E-state index in [0.717, 1.165) is 11.1 Å². The van der Waals surface area contributed by atoms with Gasteiger partial charge < -0.3 is 15.2 Å². The summed E-state index contributed by atoms with van der Waals surface area (Å²) in [5.41, 5.74) is 7.75. The molecule has 2 aliphatic rings. The fourth-order valence-corrected chi connectivity index (χ4v) is 5.24. The van der Waals surface area contributed by atoms with Gasteiger partial charge >= 0.3 is 0 Å². The number of methoxy groups -OCH3 is 1. The van der Waals surface area contributed by atoms with Crippen molar-refractivity contribution in [3.63, 3.8) is 0 Å². The molecule has 4 rings (SSSR count). The molecule has 0 fully saturated rings. The summed E-state index contributed by atoms with van der Waals surface area (Å²) in [7, 11) is -2.18. The van der Waals surface area contributed by atoms with E-state index in [2.05, 4.69) is 9.71 Å². The number of thioether (sulfide) groups is 1. The smallest absolute Gasteiger partial charge is 0.261 e. The van der Waals surface area contributed by atoms with Crippen LogP contribution in [0.25, 0.3) is 0 Å². The van der Waals surface area contributed by atoms with Crippen LogP contribution in [-0.4, -0.2) is 33.1 Å². The highest BCUT2D eigenvalue weighted by molar-refractivity contribution is 8.14. The molecular weight excluding hydrogens is 386 g/mol. The second-order valence-electron chi connectivity index (χ2n) is 6.42. The van der Waals surface area contributed by atoms with E-state index in [9.17, 15) is 8.42 Å². The number of anilines is 1. The van der Waals surface area contributed by atoms with Crippen LogP contribution in [-0.2, 0) is 26.9 Å². The molecule has 0 saturated heterocycles. The number of nitrogens with zero attached hydrogens (tertiary/aromatic N) is 1. The molecule has 7 nitrogen and oxygen atoms in total. The number of sulfonamides is 1. The van der Waals surface area contributed by atoms with Crippen LogP contribution in [0.2, 0.25) is 0 Å². The van der Waals surface area contributed by atoms with Crippen molar-refractivity contribution in [1.82, 2.24) is 0 Å². The molecule has 0 amide bonds. The third kappa shape index (κ3) is 3.38. The number of benzene rings is 2. The minimum absolute atomic E-state index is 0.165. The number of amidine groups is 1. The van der Waals surface area contributed by atoms with E-state index in [1.165, 1.54) is 31.0 Å². The Kier molecular flexibility index (Phi) is 4.53. The minimum Gasteiger partial charge on any atom is -0.497 e. The van der Waals surface area contributed by atoms with Gasteiger partial charge in [-0.25, -0.2) is 13.4 Å². The summed E-state index contributed by atoms with van der Waals surface area (Å²) in [4.78, 5) is 4.74. The molecule has 1 unspecified atom stereocenters. The molecule has 0 aliphatic carbocycles. The minimum atomic E-state index is -3.71. The molecule has 0 bridgehead atoms. The maximum atomic E-state index is 12.7. The van der Waals surface area contributed by atoms with Gasteiger partial charge in [0.05, 0.1) is 25.2 Å². The third-order valence-electron chi connectivity index (χ3n) is 4.61. The Morgan fingerprint density at radius 1 is 1.26 bits per heavy atom. The standard InChI is InChI=1S/C18H19N3O4S2/c1-24-14-4-6-15(7-5-14)27(22,23)21-13-3-2-12-9-25-10-18(16(12)8-13)11-26-17(19)20-18/h2-8,21H,9-11H2,1H3,(H2,19,20). The number of nitrogens with one attached hydrogen (secondary N) is 1. The van der Waals surface area contributed by atoms with Crippen molar-refractivity contribution in [2.45, 2.75) is 17.0 Å². The predicted octanol–water partition coefficient (Wildman–Crippen LogP) is 2.28. The summed E-state index contributed by atoms with van der Waals surface area (Å²) in [6.45, 7) is 0.908. The van der Waals surface area contributed by atoms with Crippen molar-refractivity contribution in [2.75, 3.05) is 24.2 Å². The molecule has 0 aromatic heterocycles. The van der Waals surface area contributed by atoms with Crippen molar-refractivity contribution in [3.8, 4) is 5.75 Å². The van der Waals surface area contributed by atoms with Crippen LogP contribution in [0.4, 0.5) is 5.69 Å². The molecule has 1 spiro atoms. The number of rotatable bonds is 4. The van der Waals surface area contributed by atoms with E-state index in [-0.39, 0.29) is 4.90 Å². The number of ether oxygens (including phenoxy) is 2. The fraction of sp³-hybridized carbons (Fsp3) is 0.278. The topological polar surface area (TPSA) is 103 Å². The van der Waals surface area contributed by atoms with Crippen LogP contribution in [0.3, 0.4) is 0 Å². The lowest BCUT2D eigenvalue weighted by molar-refractivity contribution is 0.0634. The Morgan fingerprint density at radius 3 is 2.70 bits per heavy atom. The van der Waals surface area contributed by atoms with Gasteiger partial charge in [0.2, 0.25) is 0 Å². The summed E-state index contributed by atoms with van der Waals surface area (Å²) >= 11 is 1.48. The zero-order valence-electron chi connectivity index (χ0n) is 14.6. The van der Waals surface area contributed by atoms with Crippen LogP contribution in [0.15, 0.2) is 52.4 Å². The van der Waals surface area contributed by atoms with Gasteiger partial charge in [0.15, 0.2) is 5.17 Å². The van der Waals surface area contributed by atoms with Crippen LogP contribution in [0.5, 0.6) is 5.75 Å². The van der Waals surface area contributed by atoms with Gasteiger partial charge in [-0.3, -0.25) is 4.72 Å². The van der Waals surface area contributed by atoms with Crippen LogP contribution in [0, 0.1) is 0 Å². The first-order valence-electron chi connectivity index (χ1n) is 8.28. The summed E-state index contributed by atoms with van der Waals surface area (Å²) in [6, 6.07) is 11.7. The highest BCUT2D eigenvalue weighted by Crippen LogP contribution is 2.42. The number of hydrogen-bond donors (Lipinski definition) is 2. The molecule has 0 radical (unpaired) electrons. The van der Waals surface area contributed by atoms with Crippen molar-refractivity contribution in [2.24, 2.45) is 10.7 Å². The highest BCUT2D eigenvalue weighted by atomic mass is 32.2. The molecule has 2 heterocycles. The number of fused-ring (bicyclic) bond motifs is 2. The first-order chi connectivity index (χ1) is 12.9. The van der Waals surface area contributed by atoms with E-state index in [4.69, 9.17) is 15.2 Å². The predicted molar refractivity (Wildman–Crippen MR) is 106 cm³/mol. The van der Waals surface area contributed by atoms with Gasteiger partial charge in [-0.1, -0.05) is 17.8 Å². The van der Waals surface area contributed by atoms with Gasteiger partial charge in [-0.2, -0.15) is 0 Å². The molecule has 2 aromatic rings. The molecule has 1 atom stereocenters. The van der Waals surface area contributed by atoms with Gasteiger partial charge in [-0.05, 0) is 47.5 Å². The average Bonchev–Trinajstić information content (AvgIpc) is 3.03. The Morgan fingerprint density at radius 2 is 2.04 bits per heavy atom. The Hall–Kier alpha value is -2.23. The fourth-order valence-electron chi connectivity index (χ4n) is 3.26. The van der Waals surface area contributed by atoms with Crippen molar-refractivity contribution >= 4 is 32.6 Å². The molecule has 9 heteroatoms. The Labute approximate surface area is 162 Å². The molecule has 2 aliphatic heterocycles. The molecule has 142 valence electrons. The molecule has 27 heavy (non-hydrogen) atoms.